The minimum Gasteiger partial charge on any atom is -0.491 e. The van der Waals surface area contributed by atoms with Gasteiger partial charge >= 0.3 is 0 Å². The third-order valence-electron chi connectivity index (χ3n) is 2.55. The molecule has 5 heteroatoms. The smallest absolute Gasteiger partial charge is 0.179 e. The van der Waals surface area contributed by atoms with Crippen LogP contribution in [-0.2, 0) is 0 Å². The van der Waals surface area contributed by atoms with Crippen LogP contribution in [0.5, 0.6) is 5.75 Å². The van der Waals surface area contributed by atoms with E-state index in [1.165, 1.54) is 0 Å². The maximum atomic E-state index is 5.25. The maximum Gasteiger partial charge on any atom is 0.179 e. The summed E-state index contributed by atoms with van der Waals surface area (Å²) >= 11 is 0. The summed E-state index contributed by atoms with van der Waals surface area (Å²) < 4.78 is 5.25. The van der Waals surface area contributed by atoms with Crippen molar-refractivity contribution in [3.05, 3.63) is 12.5 Å². The van der Waals surface area contributed by atoms with E-state index in [0.717, 1.165) is 31.2 Å². The van der Waals surface area contributed by atoms with Crippen molar-refractivity contribution in [1.29, 1.82) is 0 Å². The third-order valence-corrected chi connectivity index (χ3v) is 2.55. The van der Waals surface area contributed by atoms with Crippen LogP contribution in [0, 0.1) is 0 Å². The number of aromatic nitrogens is 2. The number of ether oxygens (including phenoxy) is 1. The van der Waals surface area contributed by atoms with Crippen LogP contribution in [0.15, 0.2) is 12.5 Å². The van der Waals surface area contributed by atoms with E-state index in [4.69, 9.17) is 4.74 Å². The second-order valence-corrected chi connectivity index (χ2v) is 3.72. The molecule has 0 aromatic carbocycles. The highest BCUT2D eigenvalue weighted by molar-refractivity contribution is 5.51. The van der Waals surface area contributed by atoms with Crippen molar-refractivity contribution in [3.8, 4) is 5.75 Å². The molecule has 0 bridgehead atoms. The normalized spacial score (nSPS) is 21.5. The highest BCUT2D eigenvalue weighted by Gasteiger charge is 2.19. The lowest BCUT2D eigenvalue weighted by molar-refractivity contribution is 0.405. The van der Waals surface area contributed by atoms with Gasteiger partial charge in [-0.05, 0) is 6.92 Å². The number of rotatable bonds is 2. The number of nitrogens with one attached hydrogen (secondary N) is 1. The standard InChI is InChI=1S/C10H16N4O/c1-8-6-14(4-3-12-8)10-9(15-2)5-11-7-13-10/h5,7-8,12H,3-4,6H2,1-2H3. The van der Waals surface area contributed by atoms with Gasteiger partial charge in [0.15, 0.2) is 11.6 Å². The molecular formula is C10H16N4O. The quantitative estimate of drug-likeness (QED) is 0.756. The molecule has 5 nitrogen and oxygen atoms in total. The van der Waals surface area contributed by atoms with Crippen LogP contribution in [0.25, 0.3) is 0 Å². The van der Waals surface area contributed by atoms with Crippen molar-refractivity contribution in [2.75, 3.05) is 31.6 Å². The largest absolute Gasteiger partial charge is 0.491 e. The van der Waals surface area contributed by atoms with Crippen LogP contribution < -0.4 is 15.0 Å². The van der Waals surface area contributed by atoms with Crippen LogP contribution in [0.1, 0.15) is 6.92 Å². The second-order valence-electron chi connectivity index (χ2n) is 3.72. The minimum absolute atomic E-state index is 0.485. The molecule has 1 aliphatic rings. The van der Waals surface area contributed by atoms with Crippen LogP contribution in [0.2, 0.25) is 0 Å². The van der Waals surface area contributed by atoms with Gasteiger partial charge in [-0.15, -0.1) is 0 Å². The average Bonchev–Trinajstić information content (AvgIpc) is 2.29. The lowest BCUT2D eigenvalue weighted by Crippen LogP contribution is -2.49. The molecule has 0 radical (unpaired) electrons. The van der Waals surface area contributed by atoms with Crippen molar-refractivity contribution in [2.24, 2.45) is 0 Å². The number of anilines is 1. The Hall–Kier alpha value is -1.36. The van der Waals surface area contributed by atoms with Gasteiger partial charge in [-0.1, -0.05) is 0 Å². The van der Waals surface area contributed by atoms with Crippen molar-refractivity contribution >= 4 is 5.82 Å². The molecule has 1 aromatic rings. The second kappa shape index (κ2) is 4.44. The molecule has 1 fully saturated rings. The highest BCUT2D eigenvalue weighted by Crippen LogP contribution is 2.24. The van der Waals surface area contributed by atoms with E-state index in [1.54, 1.807) is 19.6 Å². The molecule has 0 spiro atoms. The zero-order valence-electron chi connectivity index (χ0n) is 9.10. The van der Waals surface area contributed by atoms with Crippen LogP contribution in [-0.4, -0.2) is 42.8 Å². The van der Waals surface area contributed by atoms with E-state index in [1.807, 2.05) is 0 Å². The zero-order valence-corrected chi connectivity index (χ0v) is 9.10. The number of hydrogen-bond acceptors (Lipinski definition) is 5. The Morgan fingerprint density at radius 1 is 1.60 bits per heavy atom. The fourth-order valence-corrected chi connectivity index (χ4v) is 1.82. The first-order valence-corrected chi connectivity index (χ1v) is 5.13. The molecule has 1 aliphatic heterocycles. The number of methoxy groups -OCH3 is 1. The van der Waals surface area contributed by atoms with Gasteiger partial charge in [-0.2, -0.15) is 0 Å². The molecule has 15 heavy (non-hydrogen) atoms. The lowest BCUT2D eigenvalue weighted by Gasteiger charge is -2.33. The summed E-state index contributed by atoms with van der Waals surface area (Å²) in [7, 11) is 1.65. The summed E-state index contributed by atoms with van der Waals surface area (Å²) in [4.78, 5) is 10.4. The van der Waals surface area contributed by atoms with Crippen molar-refractivity contribution in [3.63, 3.8) is 0 Å². The highest BCUT2D eigenvalue weighted by atomic mass is 16.5. The zero-order chi connectivity index (χ0) is 10.7. The van der Waals surface area contributed by atoms with Gasteiger partial charge in [0.25, 0.3) is 0 Å². The lowest BCUT2D eigenvalue weighted by atomic mass is 10.2. The number of piperazine rings is 1. The van der Waals surface area contributed by atoms with Gasteiger partial charge in [-0.25, -0.2) is 9.97 Å². The monoisotopic (exact) mass is 208 g/mol. The number of nitrogens with zero attached hydrogens (tertiary/aromatic N) is 3. The summed E-state index contributed by atoms with van der Waals surface area (Å²) in [6.45, 7) is 5.05. The minimum atomic E-state index is 0.485. The van der Waals surface area contributed by atoms with Gasteiger partial charge in [0.05, 0.1) is 13.3 Å². The van der Waals surface area contributed by atoms with Crippen molar-refractivity contribution in [1.82, 2.24) is 15.3 Å². The Bertz CT molecular complexity index is 331. The van der Waals surface area contributed by atoms with E-state index >= 15 is 0 Å². The molecule has 0 saturated carbocycles. The predicted octanol–water partition coefficient (Wildman–Crippen LogP) is 0.283. The molecule has 82 valence electrons. The SMILES string of the molecule is COc1cncnc1N1CCNC(C)C1. The molecular weight excluding hydrogens is 192 g/mol. The Morgan fingerprint density at radius 3 is 3.20 bits per heavy atom. The molecule has 1 saturated heterocycles. The van der Waals surface area contributed by atoms with Crippen LogP contribution in [0.3, 0.4) is 0 Å². The summed E-state index contributed by atoms with van der Waals surface area (Å²) in [5.74, 6) is 1.63. The summed E-state index contributed by atoms with van der Waals surface area (Å²) in [6, 6.07) is 0.485. The summed E-state index contributed by atoms with van der Waals surface area (Å²) in [5, 5.41) is 3.39. The maximum absolute atomic E-state index is 5.25. The summed E-state index contributed by atoms with van der Waals surface area (Å²) in [6.07, 6.45) is 3.26. The van der Waals surface area contributed by atoms with Gasteiger partial charge < -0.3 is 15.0 Å². The van der Waals surface area contributed by atoms with Crippen LogP contribution in [0.4, 0.5) is 5.82 Å². The average molecular weight is 208 g/mol. The van der Waals surface area contributed by atoms with Gasteiger partial charge in [0.1, 0.15) is 6.33 Å². The van der Waals surface area contributed by atoms with Gasteiger partial charge in [-0.3, -0.25) is 0 Å². The van der Waals surface area contributed by atoms with E-state index < -0.39 is 0 Å². The Balaban J connectivity index is 2.20. The fraction of sp³-hybridized carbons (Fsp3) is 0.600. The molecule has 1 N–H and O–H groups in total. The van der Waals surface area contributed by atoms with Gasteiger partial charge in [0.2, 0.25) is 0 Å². The van der Waals surface area contributed by atoms with Gasteiger partial charge in [0, 0.05) is 25.7 Å². The molecule has 2 heterocycles. The molecule has 0 aliphatic carbocycles. The first-order chi connectivity index (χ1) is 7.31. The van der Waals surface area contributed by atoms with Crippen molar-refractivity contribution in [2.45, 2.75) is 13.0 Å². The van der Waals surface area contributed by atoms with Crippen LogP contribution >= 0.6 is 0 Å². The fourth-order valence-electron chi connectivity index (χ4n) is 1.82. The number of hydrogen-bond donors (Lipinski definition) is 1. The molecule has 1 aromatic heterocycles. The molecule has 1 unspecified atom stereocenters. The topological polar surface area (TPSA) is 50.3 Å². The summed E-state index contributed by atoms with van der Waals surface area (Å²) in [5.41, 5.74) is 0. The Kier molecular flexibility index (Phi) is 3.01. The first-order valence-electron chi connectivity index (χ1n) is 5.13. The predicted molar refractivity (Wildman–Crippen MR) is 58.3 cm³/mol. The molecule has 1 atom stereocenters. The molecule has 0 amide bonds. The van der Waals surface area contributed by atoms with E-state index in [2.05, 4.69) is 27.1 Å². The first kappa shape index (κ1) is 10.2. The molecule has 2 rings (SSSR count). The Labute approximate surface area is 89.5 Å². The van der Waals surface area contributed by atoms with E-state index in [-0.39, 0.29) is 0 Å². The van der Waals surface area contributed by atoms with E-state index in [0.29, 0.717) is 6.04 Å². The Morgan fingerprint density at radius 2 is 2.47 bits per heavy atom. The third kappa shape index (κ3) is 2.18. The van der Waals surface area contributed by atoms with Crippen molar-refractivity contribution < 1.29 is 4.74 Å². The van der Waals surface area contributed by atoms with E-state index in [9.17, 15) is 0 Å².